The lowest BCUT2D eigenvalue weighted by atomic mass is 10.0. The first kappa shape index (κ1) is 21.0. The SMILES string of the molecule is CC(C)[C@@H](NC(=O)OC(C)(C)C)O[C@@H](c1ccccc1)[C@@H](C)NC=O. The summed E-state index contributed by atoms with van der Waals surface area (Å²) in [5.74, 6) is 0.0159. The van der Waals surface area contributed by atoms with Gasteiger partial charge in [-0.25, -0.2) is 4.79 Å². The molecule has 6 heteroatoms. The van der Waals surface area contributed by atoms with Crippen molar-refractivity contribution in [2.75, 3.05) is 0 Å². The van der Waals surface area contributed by atoms with Crippen LogP contribution in [0.3, 0.4) is 0 Å². The van der Waals surface area contributed by atoms with E-state index >= 15 is 0 Å². The number of hydrogen-bond acceptors (Lipinski definition) is 4. The molecule has 0 aliphatic rings. The molecule has 0 bridgehead atoms. The topological polar surface area (TPSA) is 76.7 Å². The minimum absolute atomic E-state index is 0.0159. The highest BCUT2D eigenvalue weighted by Crippen LogP contribution is 2.24. The fourth-order valence-electron chi connectivity index (χ4n) is 2.26. The maximum Gasteiger partial charge on any atom is 0.409 e. The van der Waals surface area contributed by atoms with E-state index in [9.17, 15) is 9.59 Å². The Balaban J connectivity index is 2.93. The number of carbonyl (C=O) groups is 2. The van der Waals surface area contributed by atoms with E-state index in [1.54, 1.807) is 20.8 Å². The van der Waals surface area contributed by atoms with E-state index in [4.69, 9.17) is 9.47 Å². The molecule has 3 atom stereocenters. The molecule has 0 unspecified atom stereocenters. The normalized spacial score (nSPS) is 15.2. The molecule has 0 spiro atoms. The van der Waals surface area contributed by atoms with Gasteiger partial charge in [-0.05, 0) is 39.2 Å². The Morgan fingerprint density at radius 1 is 1.12 bits per heavy atom. The van der Waals surface area contributed by atoms with Crippen LogP contribution >= 0.6 is 0 Å². The van der Waals surface area contributed by atoms with Crippen LogP contribution in [0.25, 0.3) is 0 Å². The van der Waals surface area contributed by atoms with Crippen LogP contribution in [0.4, 0.5) is 4.79 Å². The Morgan fingerprint density at radius 3 is 2.20 bits per heavy atom. The Labute approximate surface area is 150 Å². The molecule has 0 fully saturated rings. The summed E-state index contributed by atoms with van der Waals surface area (Å²) in [7, 11) is 0. The number of carbonyl (C=O) groups excluding carboxylic acids is 2. The second-order valence-corrected chi connectivity index (χ2v) is 7.35. The standard InChI is InChI=1S/C19H30N2O4/c1-13(2)17(21-18(23)25-19(4,5)6)24-16(14(3)20-12-22)15-10-8-7-9-11-15/h7-14,16-17H,1-6H3,(H,20,22)(H,21,23)/t14-,16-,17+/m1/s1. The van der Waals surface area contributed by atoms with Gasteiger partial charge in [0.25, 0.3) is 0 Å². The fraction of sp³-hybridized carbons (Fsp3) is 0.579. The Kier molecular flexibility index (Phi) is 7.90. The molecule has 0 radical (unpaired) electrons. The average molecular weight is 350 g/mol. The summed E-state index contributed by atoms with van der Waals surface area (Å²) in [5.41, 5.74) is 0.331. The van der Waals surface area contributed by atoms with E-state index in [2.05, 4.69) is 10.6 Å². The van der Waals surface area contributed by atoms with Crippen LogP contribution < -0.4 is 10.6 Å². The summed E-state index contributed by atoms with van der Waals surface area (Å²) in [6, 6.07) is 9.33. The van der Waals surface area contributed by atoms with Gasteiger partial charge < -0.3 is 14.8 Å². The number of ether oxygens (including phenoxy) is 2. The summed E-state index contributed by atoms with van der Waals surface area (Å²) in [4.78, 5) is 23.0. The molecular weight excluding hydrogens is 320 g/mol. The highest BCUT2D eigenvalue weighted by atomic mass is 16.6. The number of rotatable bonds is 8. The third-order valence-corrected chi connectivity index (χ3v) is 3.47. The van der Waals surface area contributed by atoms with Gasteiger partial charge in [0.15, 0.2) is 0 Å². The second-order valence-electron chi connectivity index (χ2n) is 7.35. The minimum Gasteiger partial charge on any atom is -0.444 e. The van der Waals surface area contributed by atoms with Crippen molar-refractivity contribution in [1.82, 2.24) is 10.6 Å². The molecule has 0 aliphatic heterocycles. The minimum atomic E-state index is -0.586. The van der Waals surface area contributed by atoms with Gasteiger partial charge in [-0.1, -0.05) is 44.2 Å². The smallest absolute Gasteiger partial charge is 0.409 e. The molecule has 1 rings (SSSR count). The average Bonchev–Trinajstić information content (AvgIpc) is 2.50. The van der Waals surface area contributed by atoms with Crippen LogP contribution in [0.1, 0.15) is 53.2 Å². The number of benzene rings is 1. The van der Waals surface area contributed by atoms with Gasteiger partial charge in [0, 0.05) is 0 Å². The van der Waals surface area contributed by atoms with Crippen LogP contribution in [0.5, 0.6) is 0 Å². The van der Waals surface area contributed by atoms with Crippen molar-refractivity contribution in [2.45, 2.75) is 65.5 Å². The monoisotopic (exact) mass is 350 g/mol. The van der Waals surface area contributed by atoms with Crippen LogP contribution in [0, 0.1) is 5.92 Å². The summed E-state index contributed by atoms with van der Waals surface area (Å²) in [6.07, 6.45) is -0.853. The first-order valence-electron chi connectivity index (χ1n) is 8.53. The van der Waals surface area contributed by atoms with Crippen molar-refractivity contribution in [3.8, 4) is 0 Å². The van der Waals surface area contributed by atoms with E-state index < -0.39 is 24.0 Å². The number of amides is 2. The van der Waals surface area contributed by atoms with Crippen LogP contribution in [0.15, 0.2) is 30.3 Å². The molecule has 0 saturated heterocycles. The van der Waals surface area contributed by atoms with Crippen molar-refractivity contribution in [1.29, 1.82) is 0 Å². The number of nitrogens with one attached hydrogen (secondary N) is 2. The van der Waals surface area contributed by atoms with Crippen molar-refractivity contribution in [2.24, 2.45) is 5.92 Å². The molecule has 25 heavy (non-hydrogen) atoms. The van der Waals surface area contributed by atoms with Gasteiger partial charge in [-0.2, -0.15) is 0 Å². The van der Waals surface area contributed by atoms with Gasteiger partial charge in [-0.15, -0.1) is 0 Å². The third kappa shape index (κ3) is 7.56. The molecular formula is C19H30N2O4. The van der Waals surface area contributed by atoms with Gasteiger partial charge in [0.05, 0.1) is 6.04 Å². The van der Waals surface area contributed by atoms with Gasteiger partial charge >= 0.3 is 6.09 Å². The summed E-state index contributed by atoms with van der Waals surface area (Å²) < 4.78 is 11.5. The largest absolute Gasteiger partial charge is 0.444 e. The van der Waals surface area contributed by atoms with Crippen molar-refractivity contribution in [3.63, 3.8) is 0 Å². The van der Waals surface area contributed by atoms with Crippen molar-refractivity contribution >= 4 is 12.5 Å². The van der Waals surface area contributed by atoms with Crippen molar-refractivity contribution < 1.29 is 19.1 Å². The van der Waals surface area contributed by atoms with E-state index in [0.29, 0.717) is 6.41 Å². The van der Waals surface area contributed by atoms with Crippen LogP contribution in [0.2, 0.25) is 0 Å². The summed E-state index contributed by atoms with van der Waals surface area (Å²) in [5, 5.41) is 5.50. The van der Waals surface area contributed by atoms with E-state index in [-0.39, 0.29) is 12.0 Å². The first-order valence-corrected chi connectivity index (χ1v) is 8.53. The zero-order chi connectivity index (χ0) is 19.0. The lowest BCUT2D eigenvalue weighted by Gasteiger charge is -2.32. The first-order chi connectivity index (χ1) is 11.6. The molecule has 0 heterocycles. The molecule has 6 nitrogen and oxygen atoms in total. The van der Waals surface area contributed by atoms with Gasteiger partial charge in [0.2, 0.25) is 6.41 Å². The van der Waals surface area contributed by atoms with Crippen LogP contribution in [-0.2, 0) is 14.3 Å². The molecule has 0 aliphatic carbocycles. The molecule has 2 amide bonds. The fourth-order valence-corrected chi connectivity index (χ4v) is 2.26. The maximum atomic E-state index is 12.1. The molecule has 1 aromatic rings. The predicted molar refractivity (Wildman–Crippen MR) is 96.9 cm³/mol. The van der Waals surface area contributed by atoms with Gasteiger partial charge in [0.1, 0.15) is 17.9 Å². The Hall–Kier alpha value is -2.08. The molecule has 140 valence electrons. The van der Waals surface area contributed by atoms with Gasteiger partial charge in [-0.3, -0.25) is 10.1 Å². The lowest BCUT2D eigenvalue weighted by molar-refractivity contribution is -0.113. The van der Waals surface area contributed by atoms with E-state index in [1.807, 2.05) is 51.1 Å². The molecule has 0 aromatic heterocycles. The Morgan fingerprint density at radius 2 is 1.72 bits per heavy atom. The quantitative estimate of drug-likeness (QED) is 0.556. The van der Waals surface area contributed by atoms with E-state index in [0.717, 1.165) is 5.56 Å². The van der Waals surface area contributed by atoms with E-state index in [1.165, 1.54) is 0 Å². The summed E-state index contributed by atoms with van der Waals surface area (Å²) in [6.45, 7) is 11.2. The highest BCUT2D eigenvalue weighted by Gasteiger charge is 2.28. The summed E-state index contributed by atoms with van der Waals surface area (Å²) >= 11 is 0. The number of hydrogen-bond donors (Lipinski definition) is 2. The third-order valence-electron chi connectivity index (χ3n) is 3.47. The molecule has 2 N–H and O–H groups in total. The molecule has 0 saturated carbocycles. The zero-order valence-electron chi connectivity index (χ0n) is 15.9. The molecule has 1 aromatic carbocycles. The highest BCUT2D eigenvalue weighted by molar-refractivity contribution is 5.67. The maximum absolute atomic E-state index is 12.1. The number of alkyl carbamates (subject to hydrolysis) is 1. The van der Waals surface area contributed by atoms with Crippen molar-refractivity contribution in [3.05, 3.63) is 35.9 Å². The lowest BCUT2D eigenvalue weighted by Crippen LogP contribution is -2.46. The second kappa shape index (κ2) is 9.42. The zero-order valence-corrected chi connectivity index (χ0v) is 15.9. The Bertz CT molecular complexity index is 540. The predicted octanol–water partition coefficient (Wildman–Crippen LogP) is 3.39. The van der Waals surface area contributed by atoms with Crippen LogP contribution in [-0.4, -0.2) is 30.4 Å².